The van der Waals surface area contributed by atoms with Crippen molar-refractivity contribution in [3.05, 3.63) is 62.9 Å². The Balaban J connectivity index is 1.67. The lowest BCUT2D eigenvalue weighted by atomic mass is 9.94. The van der Waals surface area contributed by atoms with Gasteiger partial charge < -0.3 is 9.30 Å². The van der Waals surface area contributed by atoms with E-state index in [9.17, 15) is 28.1 Å². The zero-order valence-corrected chi connectivity index (χ0v) is 22.8. The van der Waals surface area contributed by atoms with Gasteiger partial charge in [0.1, 0.15) is 6.54 Å². The number of ether oxygens (including phenoxy) is 1. The number of nitrogens with zero attached hydrogens (tertiary/aromatic N) is 4. The molecule has 2 aromatic carbocycles. The summed E-state index contributed by atoms with van der Waals surface area (Å²) in [6.45, 7) is 6.57. The van der Waals surface area contributed by atoms with Crippen LogP contribution in [0.15, 0.2) is 52.4 Å². The predicted octanol–water partition coefficient (Wildman–Crippen LogP) is 3.58. The highest BCUT2D eigenvalue weighted by Gasteiger charge is 2.31. The maximum atomic E-state index is 13.2. The first-order valence-corrected chi connectivity index (χ1v) is 14.4. The number of fused-ring (bicyclic) bond motifs is 1. The van der Waals surface area contributed by atoms with E-state index in [0.717, 1.165) is 17.8 Å². The van der Waals surface area contributed by atoms with Gasteiger partial charge in [0.25, 0.3) is 11.6 Å². The number of carbonyl (C=O) groups excluding carboxylic acids is 2. The summed E-state index contributed by atoms with van der Waals surface area (Å²) >= 11 is 1.03. The molecule has 202 valence electrons. The Bertz CT molecular complexity index is 1550. The molecular formula is C25H28N4O7S2. The second-order valence-electron chi connectivity index (χ2n) is 9.39. The molecule has 0 aliphatic carbocycles. The highest BCUT2D eigenvalue weighted by Crippen LogP contribution is 2.27. The van der Waals surface area contributed by atoms with E-state index in [-0.39, 0.29) is 45.9 Å². The summed E-state index contributed by atoms with van der Waals surface area (Å²) in [6.07, 6.45) is 0.974. The fraction of sp³-hybridized carbons (Fsp3) is 0.400. The predicted molar refractivity (Wildman–Crippen MR) is 141 cm³/mol. The van der Waals surface area contributed by atoms with Gasteiger partial charge in [0.05, 0.1) is 26.6 Å². The average molecular weight is 561 g/mol. The summed E-state index contributed by atoms with van der Waals surface area (Å²) in [6, 6.07) is 9.76. The highest BCUT2D eigenvalue weighted by molar-refractivity contribution is 7.89. The van der Waals surface area contributed by atoms with E-state index < -0.39 is 26.8 Å². The second-order valence-corrected chi connectivity index (χ2v) is 12.3. The van der Waals surface area contributed by atoms with Gasteiger partial charge >= 0.3 is 5.97 Å². The fourth-order valence-electron chi connectivity index (χ4n) is 4.62. The van der Waals surface area contributed by atoms with Crippen LogP contribution in [0.1, 0.15) is 37.6 Å². The normalized spacial score (nSPS) is 19.0. The molecule has 1 amide bonds. The van der Waals surface area contributed by atoms with Crippen LogP contribution in [0.4, 0.5) is 5.69 Å². The monoisotopic (exact) mass is 560 g/mol. The van der Waals surface area contributed by atoms with Crippen molar-refractivity contribution >= 4 is 49.1 Å². The lowest BCUT2D eigenvalue weighted by molar-refractivity contribution is -0.384. The number of hydrogen-bond acceptors (Lipinski definition) is 8. The number of benzene rings is 2. The van der Waals surface area contributed by atoms with Crippen LogP contribution in [0.3, 0.4) is 0 Å². The van der Waals surface area contributed by atoms with E-state index in [4.69, 9.17) is 4.74 Å². The summed E-state index contributed by atoms with van der Waals surface area (Å²) < 4.78 is 34.8. The molecule has 3 aromatic rings. The van der Waals surface area contributed by atoms with E-state index in [1.54, 1.807) is 6.92 Å². The molecule has 1 aliphatic rings. The van der Waals surface area contributed by atoms with Crippen LogP contribution in [0, 0.1) is 22.0 Å². The van der Waals surface area contributed by atoms with Crippen molar-refractivity contribution in [3.63, 3.8) is 0 Å². The third kappa shape index (κ3) is 5.84. The molecule has 11 nitrogen and oxygen atoms in total. The van der Waals surface area contributed by atoms with Crippen LogP contribution < -0.4 is 4.80 Å². The molecule has 0 radical (unpaired) electrons. The Labute approximate surface area is 223 Å². The minimum atomic E-state index is -3.70. The maximum absolute atomic E-state index is 13.2. The van der Waals surface area contributed by atoms with Gasteiger partial charge in [0.2, 0.25) is 10.0 Å². The summed E-state index contributed by atoms with van der Waals surface area (Å²) in [7, 11) is -3.70. The molecule has 2 atom stereocenters. The van der Waals surface area contributed by atoms with Gasteiger partial charge in [-0.25, -0.2) is 8.42 Å². The average Bonchev–Trinajstić information content (AvgIpc) is 3.19. The first kappa shape index (κ1) is 27.6. The Morgan fingerprint density at radius 2 is 1.79 bits per heavy atom. The van der Waals surface area contributed by atoms with Gasteiger partial charge in [-0.1, -0.05) is 25.2 Å². The molecule has 0 bridgehead atoms. The minimum Gasteiger partial charge on any atom is -0.465 e. The van der Waals surface area contributed by atoms with Gasteiger partial charge in [-0.15, -0.1) is 0 Å². The first-order valence-electron chi connectivity index (χ1n) is 12.1. The molecule has 13 heteroatoms. The number of piperidine rings is 1. The molecule has 4 rings (SSSR count). The zero-order valence-electron chi connectivity index (χ0n) is 21.2. The van der Waals surface area contributed by atoms with E-state index in [1.807, 2.05) is 13.8 Å². The number of sulfonamides is 1. The number of nitro groups is 1. The molecular weight excluding hydrogens is 532 g/mol. The quantitative estimate of drug-likeness (QED) is 0.244. The van der Waals surface area contributed by atoms with Gasteiger partial charge in [-0.3, -0.25) is 19.7 Å². The third-order valence-corrected chi connectivity index (χ3v) is 9.13. The van der Waals surface area contributed by atoms with E-state index in [0.29, 0.717) is 23.3 Å². The first-order chi connectivity index (χ1) is 18.0. The van der Waals surface area contributed by atoms with Crippen molar-refractivity contribution in [1.29, 1.82) is 0 Å². The summed E-state index contributed by atoms with van der Waals surface area (Å²) in [5.41, 5.74) is 0.524. The Morgan fingerprint density at radius 1 is 1.13 bits per heavy atom. The molecule has 1 aliphatic heterocycles. The van der Waals surface area contributed by atoms with Crippen molar-refractivity contribution in [3.8, 4) is 0 Å². The van der Waals surface area contributed by atoms with E-state index in [2.05, 4.69) is 4.99 Å². The van der Waals surface area contributed by atoms with Crippen LogP contribution in [-0.2, 0) is 26.1 Å². The Kier molecular flexibility index (Phi) is 8.09. The van der Waals surface area contributed by atoms with Crippen LogP contribution in [0.5, 0.6) is 0 Å². The van der Waals surface area contributed by atoms with Crippen molar-refractivity contribution in [2.75, 3.05) is 19.7 Å². The molecule has 1 fully saturated rings. The molecule has 0 N–H and O–H groups in total. The summed E-state index contributed by atoms with van der Waals surface area (Å²) in [5.74, 6) is -0.669. The van der Waals surface area contributed by atoms with Crippen LogP contribution in [0.25, 0.3) is 10.2 Å². The van der Waals surface area contributed by atoms with Crippen molar-refractivity contribution in [2.24, 2.45) is 16.8 Å². The number of thiazole rings is 1. The number of non-ortho nitro benzene ring substituents is 1. The number of esters is 1. The number of hydrogen-bond donors (Lipinski definition) is 0. The van der Waals surface area contributed by atoms with Gasteiger partial charge in [0, 0.05) is 30.8 Å². The Morgan fingerprint density at radius 3 is 2.39 bits per heavy atom. The second kappa shape index (κ2) is 11.1. The van der Waals surface area contributed by atoms with Crippen LogP contribution in [-0.4, -0.2) is 53.8 Å². The van der Waals surface area contributed by atoms with Crippen molar-refractivity contribution in [2.45, 2.75) is 38.6 Å². The standard InChI is InChI=1S/C25H28N4O7S2/c1-4-36-23(30)15-28-21-10-7-19(29(32)33)12-22(21)37-25(28)26-24(31)18-5-8-20(9-6-18)38(34,35)27-13-16(2)11-17(3)14-27/h5-10,12,16-17H,4,11,13-15H2,1-3H3. The third-order valence-electron chi connectivity index (χ3n) is 6.24. The van der Waals surface area contributed by atoms with Gasteiger partial charge in [0.15, 0.2) is 4.80 Å². The smallest absolute Gasteiger partial charge is 0.326 e. The van der Waals surface area contributed by atoms with Crippen LogP contribution >= 0.6 is 11.3 Å². The lowest BCUT2D eigenvalue weighted by Crippen LogP contribution is -2.42. The SMILES string of the molecule is CCOC(=O)Cn1c(=NC(=O)c2ccc(S(=O)(=O)N3CC(C)CC(C)C3)cc2)sc2cc([N+](=O)[O-])ccc21. The topological polar surface area (TPSA) is 141 Å². The number of aromatic nitrogens is 1. The highest BCUT2D eigenvalue weighted by atomic mass is 32.2. The molecule has 0 saturated carbocycles. The zero-order chi connectivity index (χ0) is 27.6. The maximum Gasteiger partial charge on any atom is 0.326 e. The molecule has 1 saturated heterocycles. The molecule has 2 unspecified atom stereocenters. The fourth-order valence-corrected chi connectivity index (χ4v) is 7.36. The molecule has 1 aromatic heterocycles. The molecule has 38 heavy (non-hydrogen) atoms. The van der Waals surface area contributed by atoms with Crippen molar-refractivity contribution < 1.29 is 27.7 Å². The largest absolute Gasteiger partial charge is 0.465 e. The molecule has 0 spiro atoms. The van der Waals surface area contributed by atoms with Gasteiger partial charge in [-0.05, 0) is 55.5 Å². The van der Waals surface area contributed by atoms with E-state index >= 15 is 0 Å². The lowest BCUT2D eigenvalue weighted by Gasteiger charge is -2.34. The summed E-state index contributed by atoms with van der Waals surface area (Å²) in [4.78, 5) is 40.3. The summed E-state index contributed by atoms with van der Waals surface area (Å²) in [5, 5.41) is 11.2. The van der Waals surface area contributed by atoms with Crippen molar-refractivity contribution in [1.82, 2.24) is 8.87 Å². The van der Waals surface area contributed by atoms with Gasteiger partial charge in [-0.2, -0.15) is 9.30 Å². The number of rotatable bonds is 7. The van der Waals surface area contributed by atoms with E-state index in [1.165, 1.54) is 51.3 Å². The van der Waals surface area contributed by atoms with Crippen LogP contribution in [0.2, 0.25) is 0 Å². The number of amides is 1. The number of nitro benzene ring substituents is 1. The number of carbonyl (C=O) groups is 2. The minimum absolute atomic E-state index is 0.0990. The Hall–Kier alpha value is -3.42. The molecule has 2 heterocycles.